The average Bonchev–Trinajstić information content (AvgIpc) is 3.35. The van der Waals surface area contributed by atoms with Crippen LogP contribution in [0.15, 0.2) is 22.6 Å². The summed E-state index contributed by atoms with van der Waals surface area (Å²) < 4.78 is 11.9. The number of fused-ring (bicyclic) bond motifs is 1. The minimum atomic E-state index is 0.0655. The number of aromatic nitrogens is 1. The molecule has 7 heteroatoms. The van der Waals surface area contributed by atoms with Crippen molar-refractivity contribution in [2.45, 2.75) is 44.1 Å². The van der Waals surface area contributed by atoms with Crippen molar-refractivity contribution in [1.29, 1.82) is 0 Å². The van der Waals surface area contributed by atoms with Crippen LogP contribution in [0.5, 0.6) is 0 Å². The van der Waals surface area contributed by atoms with Gasteiger partial charge < -0.3 is 19.0 Å². The van der Waals surface area contributed by atoms with E-state index in [2.05, 4.69) is 14.8 Å². The Morgan fingerprint density at radius 1 is 1.14 bits per heavy atom. The lowest BCUT2D eigenvalue weighted by atomic mass is 9.87. The summed E-state index contributed by atoms with van der Waals surface area (Å²) >= 11 is 6.03. The SMILES string of the molecule is O=C(C1CCN(c2nc3ccc(Cl)cc3o2)CC1)N1CCC2(CCCO2)CC1. The third-order valence-electron chi connectivity index (χ3n) is 6.63. The summed E-state index contributed by atoms with van der Waals surface area (Å²) in [5, 5.41) is 0.644. The highest BCUT2D eigenvalue weighted by molar-refractivity contribution is 6.31. The van der Waals surface area contributed by atoms with Gasteiger partial charge in [0.1, 0.15) is 5.52 Å². The molecule has 0 N–H and O–H groups in total. The number of hydrogen-bond donors (Lipinski definition) is 0. The Bertz CT molecular complexity index is 859. The van der Waals surface area contributed by atoms with Gasteiger partial charge in [-0.1, -0.05) is 11.6 Å². The van der Waals surface area contributed by atoms with E-state index >= 15 is 0 Å². The zero-order valence-corrected chi connectivity index (χ0v) is 16.8. The van der Waals surface area contributed by atoms with E-state index in [1.165, 1.54) is 0 Å². The molecule has 0 radical (unpaired) electrons. The normalized spacial score (nSPS) is 23.0. The Labute approximate surface area is 169 Å². The topological polar surface area (TPSA) is 58.8 Å². The molecule has 1 spiro atoms. The van der Waals surface area contributed by atoms with Crippen molar-refractivity contribution in [3.8, 4) is 0 Å². The van der Waals surface area contributed by atoms with Gasteiger partial charge in [0.05, 0.1) is 5.60 Å². The molecule has 0 atom stereocenters. The smallest absolute Gasteiger partial charge is 0.298 e. The summed E-state index contributed by atoms with van der Waals surface area (Å²) in [6.07, 6.45) is 5.98. The van der Waals surface area contributed by atoms with E-state index in [1.807, 2.05) is 12.1 Å². The number of nitrogens with zero attached hydrogens (tertiary/aromatic N) is 3. The van der Waals surface area contributed by atoms with Crippen LogP contribution in [0.4, 0.5) is 6.01 Å². The van der Waals surface area contributed by atoms with Gasteiger partial charge in [0, 0.05) is 49.8 Å². The molecule has 4 heterocycles. The Kier molecular flexibility index (Phi) is 4.71. The molecular formula is C21H26ClN3O3. The second-order valence-electron chi connectivity index (χ2n) is 8.33. The van der Waals surface area contributed by atoms with Crippen LogP contribution in [0.1, 0.15) is 38.5 Å². The molecule has 150 valence electrons. The molecular weight excluding hydrogens is 378 g/mol. The van der Waals surface area contributed by atoms with Gasteiger partial charge in [-0.15, -0.1) is 0 Å². The van der Waals surface area contributed by atoms with Crippen LogP contribution in [0, 0.1) is 5.92 Å². The molecule has 3 saturated heterocycles. The number of piperidine rings is 2. The first kappa shape index (κ1) is 18.3. The van der Waals surface area contributed by atoms with Crippen LogP contribution in [-0.2, 0) is 9.53 Å². The minimum Gasteiger partial charge on any atom is -0.423 e. The lowest BCUT2D eigenvalue weighted by Gasteiger charge is -2.40. The van der Waals surface area contributed by atoms with E-state index in [-0.39, 0.29) is 11.5 Å². The number of ether oxygens (including phenoxy) is 1. The number of oxazole rings is 1. The van der Waals surface area contributed by atoms with Crippen LogP contribution < -0.4 is 4.90 Å². The molecule has 1 amide bonds. The third kappa shape index (κ3) is 3.37. The molecule has 3 aliphatic rings. The molecule has 2 aromatic rings. The summed E-state index contributed by atoms with van der Waals surface area (Å²) in [5.74, 6) is 0.422. The Morgan fingerprint density at radius 2 is 1.93 bits per heavy atom. The van der Waals surface area contributed by atoms with Crippen LogP contribution >= 0.6 is 11.6 Å². The second-order valence-corrected chi connectivity index (χ2v) is 8.77. The molecule has 5 rings (SSSR count). The molecule has 3 aliphatic heterocycles. The lowest BCUT2D eigenvalue weighted by molar-refractivity contribution is -0.141. The highest BCUT2D eigenvalue weighted by Crippen LogP contribution is 2.36. The average molecular weight is 404 g/mol. The van der Waals surface area contributed by atoms with Crippen molar-refractivity contribution < 1.29 is 13.9 Å². The van der Waals surface area contributed by atoms with Crippen molar-refractivity contribution in [3.05, 3.63) is 23.2 Å². The van der Waals surface area contributed by atoms with Gasteiger partial charge in [0.25, 0.3) is 6.01 Å². The molecule has 3 fully saturated rings. The van der Waals surface area contributed by atoms with Crippen LogP contribution in [-0.4, -0.2) is 54.2 Å². The van der Waals surface area contributed by atoms with Crippen LogP contribution in [0.2, 0.25) is 5.02 Å². The standard InChI is InChI=1S/C21H26ClN3O3/c22-16-2-3-17-18(14-16)28-20(23-17)25-9-4-15(5-10-25)19(26)24-11-7-21(8-12-24)6-1-13-27-21/h2-3,14-15H,1,4-13H2. The number of anilines is 1. The fraction of sp³-hybridized carbons (Fsp3) is 0.619. The molecule has 1 aromatic carbocycles. The summed E-state index contributed by atoms with van der Waals surface area (Å²) in [4.78, 5) is 21.8. The minimum absolute atomic E-state index is 0.0655. The molecule has 1 aromatic heterocycles. The van der Waals surface area contributed by atoms with Gasteiger partial charge in [-0.05, 0) is 50.7 Å². The van der Waals surface area contributed by atoms with Crippen molar-refractivity contribution in [2.75, 3.05) is 37.7 Å². The van der Waals surface area contributed by atoms with Gasteiger partial charge in [0.2, 0.25) is 5.91 Å². The molecule has 0 unspecified atom stereocenters. The number of carbonyl (C=O) groups is 1. The summed E-state index contributed by atoms with van der Waals surface area (Å²) in [6, 6.07) is 6.11. The van der Waals surface area contributed by atoms with Crippen molar-refractivity contribution in [2.24, 2.45) is 5.92 Å². The fourth-order valence-corrected chi connectivity index (χ4v) is 5.04. The highest BCUT2D eigenvalue weighted by Gasteiger charge is 2.40. The first-order valence-electron chi connectivity index (χ1n) is 10.4. The number of carbonyl (C=O) groups excluding carboxylic acids is 1. The molecule has 6 nitrogen and oxygen atoms in total. The number of likely N-dealkylation sites (tertiary alicyclic amines) is 1. The summed E-state index contributed by atoms with van der Waals surface area (Å²) in [7, 11) is 0. The van der Waals surface area contributed by atoms with Gasteiger partial charge in [-0.3, -0.25) is 4.79 Å². The van der Waals surface area contributed by atoms with Gasteiger partial charge in [-0.2, -0.15) is 4.98 Å². The fourth-order valence-electron chi connectivity index (χ4n) is 4.88. The maximum absolute atomic E-state index is 13.0. The van der Waals surface area contributed by atoms with E-state index in [0.717, 1.165) is 76.8 Å². The maximum atomic E-state index is 13.0. The molecule has 0 saturated carbocycles. The van der Waals surface area contributed by atoms with Crippen LogP contribution in [0.25, 0.3) is 11.1 Å². The van der Waals surface area contributed by atoms with Crippen molar-refractivity contribution in [3.63, 3.8) is 0 Å². The predicted octanol–water partition coefficient (Wildman–Crippen LogP) is 3.87. The molecule has 0 aliphatic carbocycles. The van der Waals surface area contributed by atoms with Crippen molar-refractivity contribution >= 4 is 34.6 Å². The van der Waals surface area contributed by atoms with E-state index in [9.17, 15) is 4.79 Å². The first-order chi connectivity index (χ1) is 13.6. The number of benzene rings is 1. The highest BCUT2D eigenvalue weighted by atomic mass is 35.5. The first-order valence-corrected chi connectivity index (χ1v) is 10.7. The van der Waals surface area contributed by atoms with E-state index < -0.39 is 0 Å². The summed E-state index contributed by atoms with van der Waals surface area (Å²) in [6.45, 7) is 4.14. The monoisotopic (exact) mass is 403 g/mol. The van der Waals surface area contributed by atoms with E-state index in [4.69, 9.17) is 20.8 Å². The van der Waals surface area contributed by atoms with E-state index in [0.29, 0.717) is 22.5 Å². The Morgan fingerprint density at radius 3 is 2.64 bits per heavy atom. The largest absolute Gasteiger partial charge is 0.423 e. The second kappa shape index (κ2) is 7.23. The number of amides is 1. The lowest BCUT2D eigenvalue weighted by Crippen LogP contribution is -2.49. The third-order valence-corrected chi connectivity index (χ3v) is 6.86. The predicted molar refractivity (Wildman–Crippen MR) is 108 cm³/mol. The zero-order valence-electron chi connectivity index (χ0n) is 16.0. The van der Waals surface area contributed by atoms with Crippen molar-refractivity contribution in [1.82, 2.24) is 9.88 Å². The Hall–Kier alpha value is -1.79. The van der Waals surface area contributed by atoms with E-state index in [1.54, 1.807) is 6.07 Å². The number of rotatable bonds is 2. The van der Waals surface area contributed by atoms with Gasteiger partial charge in [-0.25, -0.2) is 0 Å². The van der Waals surface area contributed by atoms with Gasteiger partial charge >= 0.3 is 0 Å². The molecule has 28 heavy (non-hydrogen) atoms. The maximum Gasteiger partial charge on any atom is 0.298 e. The molecule has 0 bridgehead atoms. The number of hydrogen-bond acceptors (Lipinski definition) is 5. The van der Waals surface area contributed by atoms with Crippen LogP contribution in [0.3, 0.4) is 0 Å². The Balaban J connectivity index is 1.18. The zero-order chi connectivity index (χ0) is 19.1. The van der Waals surface area contributed by atoms with Gasteiger partial charge in [0.15, 0.2) is 5.58 Å². The summed E-state index contributed by atoms with van der Waals surface area (Å²) in [5.41, 5.74) is 1.58. The quantitative estimate of drug-likeness (QED) is 0.761. The number of halogens is 1.